The Kier molecular flexibility index (Phi) is 5.85. The number of carbonyl (C=O) groups excluding carboxylic acids is 1. The van der Waals surface area contributed by atoms with Crippen molar-refractivity contribution < 1.29 is 9.32 Å². The summed E-state index contributed by atoms with van der Waals surface area (Å²) in [6.07, 6.45) is 3.91. The minimum absolute atomic E-state index is 0.118. The van der Waals surface area contributed by atoms with E-state index in [4.69, 9.17) is 27.7 Å². The lowest BCUT2D eigenvalue weighted by Gasteiger charge is -2.14. The zero-order valence-corrected chi connectivity index (χ0v) is 15.5. The molecule has 1 aromatic carbocycles. The number of benzene rings is 1. The number of aryl methyl sites for hydroxylation is 1. The number of hydrogen-bond acceptors (Lipinski definition) is 5. The topological polar surface area (TPSA) is 80.9 Å². The molecule has 0 aliphatic carbocycles. The fourth-order valence-electron chi connectivity index (χ4n) is 2.37. The second kappa shape index (κ2) is 8.29. The summed E-state index contributed by atoms with van der Waals surface area (Å²) in [4.78, 5) is 20.4. The van der Waals surface area contributed by atoms with Gasteiger partial charge in [-0.15, -0.1) is 0 Å². The van der Waals surface area contributed by atoms with E-state index >= 15 is 0 Å². The van der Waals surface area contributed by atoms with Gasteiger partial charge in [-0.05, 0) is 36.8 Å². The third kappa shape index (κ3) is 4.59. The molecule has 0 aliphatic rings. The van der Waals surface area contributed by atoms with Crippen LogP contribution in [0.2, 0.25) is 10.0 Å². The third-order valence-electron chi connectivity index (χ3n) is 3.79. The summed E-state index contributed by atoms with van der Waals surface area (Å²) in [7, 11) is 0. The number of hydrogen-bond donors (Lipinski definition) is 1. The van der Waals surface area contributed by atoms with Gasteiger partial charge in [0.2, 0.25) is 17.6 Å². The van der Waals surface area contributed by atoms with Crippen LogP contribution < -0.4 is 5.32 Å². The fourth-order valence-corrected chi connectivity index (χ4v) is 2.68. The summed E-state index contributed by atoms with van der Waals surface area (Å²) in [5.41, 5.74) is 1.69. The second-order valence-electron chi connectivity index (χ2n) is 5.71. The lowest BCUT2D eigenvalue weighted by molar-refractivity contribution is -0.121. The molecule has 0 fully saturated rings. The van der Waals surface area contributed by atoms with Crippen molar-refractivity contribution in [3.63, 3.8) is 0 Å². The number of amides is 1. The van der Waals surface area contributed by atoms with E-state index in [1.54, 1.807) is 36.7 Å². The van der Waals surface area contributed by atoms with Gasteiger partial charge in [0.05, 0.1) is 16.1 Å². The minimum atomic E-state index is -0.188. The molecule has 0 bridgehead atoms. The van der Waals surface area contributed by atoms with Crippen LogP contribution >= 0.6 is 23.2 Å². The number of halogens is 2. The maximum absolute atomic E-state index is 12.2. The van der Waals surface area contributed by atoms with Gasteiger partial charge < -0.3 is 9.84 Å². The molecule has 26 heavy (non-hydrogen) atoms. The molecule has 1 N–H and O–H groups in total. The van der Waals surface area contributed by atoms with Crippen molar-refractivity contribution in [1.82, 2.24) is 20.4 Å². The molecule has 1 unspecified atom stereocenters. The van der Waals surface area contributed by atoms with Crippen LogP contribution in [-0.2, 0) is 11.2 Å². The molecule has 1 atom stereocenters. The maximum atomic E-state index is 12.2. The monoisotopic (exact) mass is 390 g/mol. The number of pyridine rings is 1. The summed E-state index contributed by atoms with van der Waals surface area (Å²) >= 11 is 11.9. The average molecular weight is 391 g/mol. The standard InChI is InChI=1S/C18H16Cl2N4O2/c1-11(13-2-3-14(19)15(20)10-13)22-16(25)4-5-17-23-18(24-26-17)12-6-8-21-9-7-12/h2-3,6-11H,4-5H2,1H3,(H,22,25). The molecule has 2 aromatic heterocycles. The van der Waals surface area contributed by atoms with E-state index in [1.807, 2.05) is 13.0 Å². The van der Waals surface area contributed by atoms with Gasteiger partial charge in [-0.25, -0.2) is 0 Å². The van der Waals surface area contributed by atoms with Crippen LogP contribution in [0, 0.1) is 0 Å². The van der Waals surface area contributed by atoms with Crippen LogP contribution in [0.1, 0.15) is 30.8 Å². The molecule has 8 heteroatoms. The quantitative estimate of drug-likeness (QED) is 0.680. The van der Waals surface area contributed by atoms with Crippen molar-refractivity contribution in [2.75, 3.05) is 0 Å². The van der Waals surface area contributed by atoms with Gasteiger partial charge in [-0.1, -0.05) is 34.4 Å². The van der Waals surface area contributed by atoms with Gasteiger partial charge >= 0.3 is 0 Å². The molecule has 1 amide bonds. The molecule has 2 heterocycles. The number of nitrogens with zero attached hydrogens (tertiary/aromatic N) is 3. The Balaban J connectivity index is 1.54. The predicted molar refractivity (Wildman–Crippen MR) is 98.9 cm³/mol. The number of aromatic nitrogens is 3. The van der Waals surface area contributed by atoms with Crippen molar-refractivity contribution in [3.8, 4) is 11.4 Å². The molecule has 3 rings (SSSR count). The van der Waals surface area contributed by atoms with Gasteiger partial charge in [-0.3, -0.25) is 9.78 Å². The minimum Gasteiger partial charge on any atom is -0.350 e. The summed E-state index contributed by atoms with van der Waals surface area (Å²) in [5, 5.41) is 7.77. The highest BCUT2D eigenvalue weighted by Crippen LogP contribution is 2.25. The molecule has 0 radical (unpaired) electrons. The molecule has 0 spiro atoms. The molecule has 134 valence electrons. The van der Waals surface area contributed by atoms with E-state index in [9.17, 15) is 4.79 Å². The summed E-state index contributed by atoms with van der Waals surface area (Å²) in [5.74, 6) is 0.772. The molecule has 0 saturated heterocycles. The highest BCUT2D eigenvalue weighted by atomic mass is 35.5. The predicted octanol–water partition coefficient (Wildman–Crippen LogP) is 4.25. The summed E-state index contributed by atoms with van der Waals surface area (Å²) < 4.78 is 5.19. The Morgan fingerprint density at radius 1 is 1.19 bits per heavy atom. The van der Waals surface area contributed by atoms with E-state index in [0.717, 1.165) is 11.1 Å². The van der Waals surface area contributed by atoms with E-state index in [0.29, 0.717) is 28.2 Å². The zero-order chi connectivity index (χ0) is 18.5. The van der Waals surface area contributed by atoms with Crippen molar-refractivity contribution in [3.05, 3.63) is 64.2 Å². The zero-order valence-electron chi connectivity index (χ0n) is 13.9. The highest BCUT2D eigenvalue weighted by Gasteiger charge is 2.14. The highest BCUT2D eigenvalue weighted by molar-refractivity contribution is 6.42. The van der Waals surface area contributed by atoms with Crippen LogP contribution in [0.4, 0.5) is 0 Å². The van der Waals surface area contributed by atoms with Gasteiger partial charge in [0.1, 0.15) is 0 Å². The van der Waals surface area contributed by atoms with Crippen LogP contribution in [0.15, 0.2) is 47.2 Å². The van der Waals surface area contributed by atoms with Crippen molar-refractivity contribution in [2.24, 2.45) is 0 Å². The first-order chi connectivity index (χ1) is 12.5. The van der Waals surface area contributed by atoms with Gasteiger partial charge in [0, 0.05) is 30.8 Å². The van der Waals surface area contributed by atoms with Gasteiger partial charge in [-0.2, -0.15) is 4.98 Å². The van der Waals surface area contributed by atoms with Crippen LogP contribution in [0.3, 0.4) is 0 Å². The first kappa shape index (κ1) is 18.4. The van der Waals surface area contributed by atoms with Gasteiger partial charge in [0.25, 0.3) is 0 Å². The molecular weight excluding hydrogens is 375 g/mol. The lowest BCUT2D eigenvalue weighted by Crippen LogP contribution is -2.26. The van der Waals surface area contributed by atoms with Crippen molar-refractivity contribution in [2.45, 2.75) is 25.8 Å². The van der Waals surface area contributed by atoms with Crippen LogP contribution in [0.5, 0.6) is 0 Å². The first-order valence-electron chi connectivity index (χ1n) is 8.00. The lowest BCUT2D eigenvalue weighted by atomic mass is 10.1. The van der Waals surface area contributed by atoms with E-state index in [-0.39, 0.29) is 18.4 Å². The summed E-state index contributed by atoms with van der Waals surface area (Å²) in [6, 6.07) is 8.68. The smallest absolute Gasteiger partial charge is 0.227 e. The van der Waals surface area contributed by atoms with Crippen molar-refractivity contribution >= 4 is 29.1 Å². The van der Waals surface area contributed by atoms with Crippen molar-refractivity contribution in [1.29, 1.82) is 0 Å². The Labute approximate surface area is 160 Å². The van der Waals surface area contributed by atoms with Crippen LogP contribution in [0.25, 0.3) is 11.4 Å². The Morgan fingerprint density at radius 2 is 1.96 bits per heavy atom. The molecular formula is C18H16Cl2N4O2. The van der Waals surface area contributed by atoms with E-state index in [2.05, 4.69) is 20.4 Å². The normalized spacial score (nSPS) is 12.0. The Bertz CT molecular complexity index is 899. The first-order valence-corrected chi connectivity index (χ1v) is 8.76. The van der Waals surface area contributed by atoms with Crippen LogP contribution in [-0.4, -0.2) is 21.0 Å². The fraction of sp³-hybridized carbons (Fsp3) is 0.222. The number of carbonyl (C=O) groups is 1. The Morgan fingerprint density at radius 3 is 2.69 bits per heavy atom. The van der Waals surface area contributed by atoms with E-state index in [1.165, 1.54) is 0 Å². The molecule has 0 aliphatic heterocycles. The molecule has 0 saturated carbocycles. The SMILES string of the molecule is CC(NC(=O)CCc1nc(-c2ccncc2)no1)c1ccc(Cl)c(Cl)c1. The summed E-state index contributed by atoms with van der Waals surface area (Å²) in [6.45, 7) is 1.88. The average Bonchev–Trinajstić information content (AvgIpc) is 3.12. The maximum Gasteiger partial charge on any atom is 0.227 e. The van der Waals surface area contributed by atoms with Gasteiger partial charge in [0.15, 0.2) is 0 Å². The largest absolute Gasteiger partial charge is 0.350 e. The second-order valence-corrected chi connectivity index (χ2v) is 6.52. The Hall–Kier alpha value is -2.44. The third-order valence-corrected chi connectivity index (χ3v) is 4.53. The number of rotatable bonds is 6. The molecule has 3 aromatic rings. The molecule has 6 nitrogen and oxygen atoms in total. The number of nitrogens with one attached hydrogen (secondary N) is 1. The van der Waals surface area contributed by atoms with E-state index < -0.39 is 0 Å².